The molecule has 0 aromatic heterocycles. The number of rotatable bonds is 25. The van der Waals surface area contributed by atoms with E-state index >= 15 is 0 Å². The van der Waals surface area contributed by atoms with Crippen LogP contribution in [0.15, 0.2) is 0 Å². The molecule has 194 valence electrons. The lowest BCUT2D eigenvalue weighted by Gasteiger charge is -2.31. The van der Waals surface area contributed by atoms with Gasteiger partial charge in [0.1, 0.15) is 13.2 Å². The van der Waals surface area contributed by atoms with E-state index in [0.717, 1.165) is 30.3 Å². The molecular formula is C26H56NO4P. The SMILES string of the molecule is CCCCCCCCCCCCCCCCOP(=O)([O-])OCC[N+](C)(C)CCCCCC. The summed E-state index contributed by atoms with van der Waals surface area (Å²) >= 11 is 0. The highest BCUT2D eigenvalue weighted by atomic mass is 31.2. The average Bonchev–Trinajstić information content (AvgIpc) is 2.73. The van der Waals surface area contributed by atoms with Crippen LogP contribution >= 0.6 is 7.82 Å². The zero-order chi connectivity index (χ0) is 24.0. The van der Waals surface area contributed by atoms with Crippen LogP contribution in [0.2, 0.25) is 0 Å². The number of unbranched alkanes of at least 4 members (excludes halogenated alkanes) is 16. The molecule has 0 aliphatic rings. The van der Waals surface area contributed by atoms with Gasteiger partial charge in [-0.25, -0.2) is 0 Å². The standard InChI is InChI=1S/C26H56NO4P/c1-5-7-9-11-12-13-14-15-16-17-18-19-20-22-25-30-32(28,29)31-26-24-27(3,4)23-21-10-8-6-2/h5-26H2,1-4H3. The molecular weight excluding hydrogens is 421 g/mol. The topological polar surface area (TPSA) is 58.6 Å². The summed E-state index contributed by atoms with van der Waals surface area (Å²) in [6.45, 7) is 6.64. The van der Waals surface area contributed by atoms with E-state index in [4.69, 9.17) is 9.05 Å². The van der Waals surface area contributed by atoms with Gasteiger partial charge in [0.2, 0.25) is 0 Å². The molecule has 0 spiro atoms. The number of hydrogen-bond donors (Lipinski definition) is 0. The molecule has 0 bridgehead atoms. The minimum Gasteiger partial charge on any atom is -0.756 e. The number of quaternary nitrogens is 1. The van der Waals surface area contributed by atoms with Crippen molar-refractivity contribution in [2.75, 3.05) is 40.4 Å². The highest BCUT2D eigenvalue weighted by Gasteiger charge is 2.17. The first-order valence-electron chi connectivity index (χ1n) is 13.7. The zero-order valence-electron chi connectivity index (χ0n) is 22.1. The van der Waals surface area contributed by atoms with Gasteiger partial charge in [-0.1, -0.05) is 110 Å². The van der Waals surface area contributed by atoms with Gasteiger partial charge in [-0.05, 0) is 19.3 Å². The summed E-state index contributed by atoms with van der Waals surface area (Å²) in [6, 6.07) is 0. The van der Waals surface area contributed by atoms with Crippen molar-refractivity contribution in [3.63, 3.8) is 0 Å². The van der Waals surface area contributed by atoms with Crippen molar-refractivity contribution in [1.82, 2.24) is 0 Å². The van der Waals surface area contributed by atoms with Gasteiger partial charge in [0.25, 0.3) is 7.82 Å². The van der Waals surface area contributed by atoms with E-state index in [-0.39, 0.29) is 13.2 Å². The molecule has 0 aliphatic carbocycles. The van der Waals surface area contributed by atoms with Crippen LogP contribution in [0.4, 0.5) is 0 Å². The van der Waals surface area contributed by atoms with Crippen molar-refractivity contribution in [3.8, 4) is 0 Å². The maximum Gasteiger partial charge on any atom is 0.268 e. The van der Waals surface area contributed by atoms with Gasteiger partial charge in [-0.2, -0.15) is 0 Å². The number of phosphoric acid groups is 1. The molecule has 0 fully saturated rings. The third-order valence-corrected chi connectivity index (χ3v) is 7.31. The Hall–Kier alpha value is 0.0700. The quantitative estimate of drug-likeness (QED) is 0.0770. The summed E-state index contributed by atoms with van der Waals surface area (Å²) in [5.41, 5.74) is 0. The Kier molecular flexibility index (Phi) is 21.6. The van der Waals surface area contributed by atoms with Crippen molar-refractivity contribution in [2.24, 2.45) is 0 Å². The second-order valence-electron chi connectivity index (χ2n) is 10.2. The smallest absolute Gasteiger partial charge is 0.268 e. The first-order valence-corrected chi connectivity index (χ1v) is 15.2. The maximum atomic E-state index is 11.9. The third kappa shape index (κ3) is 23.2. The van der Waals surface area contributed by atoms with E-state index in [1.54, 1.807) is 0 Å². The van der Waals surface area contributed by atoms with E-state index in [9.17, 15) is 9.46 Å². The predicted molar refractivity (Wildman–Crippen MR) is 136 cm³/mol. The van der Waals surface area contributed by atoms with Gasteiger partial charge >= 0.3 is 0 Å². The lowest BCUT2D eigenvalue weighted by atomic mass is 10.0. The fourth-order valence-corrected chi connectivity index (χ4v) is 4.72. The molecule has 0 amide bonds. The van der Waals surface area contributed by atoms with Gasteiger partial charge in [0.05, 0.1) is 27.2 Å². The van der Waals surface area contributed by atoms with Crippen LogP contribution in [0.3, 0.4) is 0 Å². The third-order valence-electron chi connectivity index (χ3n) is 6.31. The Balaban J connectivity index is 3.50. The minimum atomic E-state index is -4.16. The van der Waals surface area contributed by atoms with Crippen LogP contribution in [0.5, 0.6) is 0 Å². The van der Waals surface area contributed by atoms with Gasteiger partial charge < -0.3 is 18.4 Å². The molecule has 5 nitrogen and oxygen atoms in total. The number of hydrogen-bond acceptors (Lipinski definition) is 4. The summed E-state index contributed by atoms with van der Waals surface area (Å²) in [4.78, 5) is 11.9. The van der Waals surface area contributed by atoms with Crippen LogP contribution in [0.25, 0.3) is 0 Å². The van der Waals surface area contributed by atoms with Gasteiger partial charge in [0, 0.05) is 0 Å². The second-order valence-corrected chi connectivity index (χ2v) is 11.6. The molecule has 1 unspecified atom stereocenters. The van der Waals surface area contributed by atoms with E-state index in [1.807, 2.05) is 0 Å². The first-order chi connectivity index (χ1) is 15.3. The molecule has 0 aromatic rings. The molecule has 32 heavy (non-hydrogen) atoms. The molecule has 0 heterocycles. The fourth-order valence-electron chi connectivity index (χ4n) is 3.99. The maximum absolute atomic E-state index is 11.9. The van der Waals surface area contributed by atoms with Gasteiger partial charge in [-0.3, -0.25) is 4.57 Å². The van der Waals surface area contributed by atoms with Crippen molar-refractivity contribution in [1.29, 1.82) is 0 Å². The summed E-state index contributed by atoms with van der Waals surface area (Å²) in [7, 11) is 0.0895. The van der Waals surface area contributed by atoms with Gasteiger partial charge in [-0.15, -0.1) is 0 Å². The second kappa shape index (κ2) is 21.6. The zero-order valence-corrected chi connectivity index (χ0v) is 23.0. The molecule has 0 aliphatic heterocycles. The number of likely N-dealkylation sites (N-methyl/N-ethyl adjacent to an activating group) is 1. The molecule has 0 N–H and O–H groups in total. The Bertz CT molecular complexity index is 446. The predicted octanol–water partition coefficient (Wildman–Crippen LogP) is 7.63. The summed E-state index contributed by atoms with van der Waals surface area (Å²) < 4.78 is 22.8. The molecule has 6 heteroatoms. The number of phosphoric ester groups is 1. The summed E-state index contributed by atoms with van der Waals surface area (Å²) in [5.74, 6) is 0. The Morgan fingerprint density at radius 1 is 0.562 bits per heavy atom. The van der Waals surface area contributed by atoms with Crippen LogP contribution in [-0.2, 0) is 13.6 Å². The normalized spacial score (nSPS) is 14.0. The van der Waals surface area contributed by atoms with Crippen LogP contribution in [-0.4, -0.2) is 44.9 Å². The molecule has 0 radical (unpaired) electrons. The highest BCUT2D eigenvalue weighted by Crippen LogP contribution is 2.38. The van der Waals surface area contributed by atoms with E-state index < -0.39 is 7.82 Å². The molecule has 0 saturated carbocycles. The van der Waals surface area contributed by atoms with E-state index in [2.05, 4.69) is 27.9 Å². The number of nitrogens with zero attached hydrogens (tertiary/aromatic N) is 1. The van der Waals surface area contributed by atoms with E-state index in [0.29, 0.717) is 6.54 Å². The molecule has 0 rings (SSSR count). The lowest BCUT2D eigenvalue weighted by Crippen LogP contribution is -2.43. The van der Waals surface area contributed by atoms with Crippen LogP contribution in [0, 0.1) is 0 Å². The fraction of sp³-hybridized carbons (Fsp3) is 1.00. The highest BCUT2D eigenvalue weighted by molar-refractivity contribution is 7.45. The van der Waals surface area contributed by atoms with E-state index in [1.165, 1.54) is 96.3 Å². The van der Waals surface area contributed by atoms with Crippen molar-refractivity contribution < 1.29 is 23.0 Å². The summed E-state index contributed by atoms with van der Waals surface area (Å²) in [5, 5.41) is 0. The average molecular weight is 478 g/mol. The largest absolute Gasteiger partial charge is 0.756 e. The Morgan fingerprint density at radius 3 is 1.41 bits per heavy atom. The van der Waals surface area contributed by atoms with Crippen LogP contribution in [0.1, 0.15) is 129 Å². The molecule has 0 aromatic carbocycles. The summed E-state index contributed by atoms with van der Waals surface area (Å²) in [6.07, 6.45) is 22.8. The van der Waals surface area contributed by atoms with Gasteiger partial charge in [0.15, 0.2) is 0 Å². The Morgan fingerprint density at radius 2 is 0.938 bits per heavy atom. The van der Waals surface area contributed by atoms with Crippen LogP contribution < -0.4 is 4.89 Å². The molecule has 0 saturated heterocycles. The molecule has 1 atom stereocenters. The lowest BCUT2D eigenvalue weighted by molar-refractivity contribution is -0.890. The Labute approximate surface area is 200 Å². The monoisotopic (exact) mass is 477 g/mol. The first kappa shape index (κ1) is 32.1. The van der Waals surface area contributed by atoms with Crippen molar-refractivity contribution in [2.45, 2.75) is 129 Å². The van der Waals surface area contributed by atoms with Crippen molar-refractivity contribution >= 4 is 7.82 Å². The van der Waals surface area contributed by atoms with Crippen molar-refractivity contribution in [3.05, 3.63) is 0 Å². The minimum absolute atomic E-state index is 0.195.